The summed E-state index contributed by atoms with van der Waals surface area (Å²) < 4.78 is 33.0. The third kappa shape index (κ3) is 3.24. The second-order valence-electron chi connectivity index (χ2n) is 5.69. The minimum Gasteiger partial charge on any atom is -0.496 e. The number of methoxy groups -OCH3 is 5. The van der Waals surface area contributed by atoms with Gasteiger partial charge in [0.25, 0.3) is 0 Å². The van der Waals surface area contributed by atoms with Gasteiger partial charge in [-0.3, -0.25) is 4.79 Å². The molecule has 0 N–H and O–H groups in total. The van der Waals surface area contributed by atoms with E-state index >= 15 is 0 Å². The van der Waals surface area contributed by atoms with Crippen LogP contribution in [0.2, 0.25) is 0 Å². The van der Waals surface area contributed by atoms with Gasteiger partial charge in [0.15, 0.2) is 17.3 Å². The van der Waals surface area contributed by atoms with Crippen molar-refractivity contribution in [3.05, 3.63) is 39.0 Å². The second kappa shape index (κ2) is 8.02. The van der Waals surface area contributed by atoms with Crippen molar-refractivity contribution < 1.29 is 28.1 Å². The first-order valence-corrected chi connectivity index (χ1v) is 8.97. The Hall–Kier alpha value is -2.87. The maximum absolute atomic E-state index is 13.0. The third-order valence-corrected chi connectivity index (χ3v) is 4.98. The first kappa shape index (κ1) is 19.9. The quantitative estimate of drug-likeness (QED) is 0.554. The van der Waals surface area contributed by atoms with E-state index in [1.165, 1.54) is 35.5 Å². The first-order valence-electron chi connectivity index (χ1n) is 8.17. The van der Waals surface area contributed by atoms with Crippen molar-refractivity contribution in [1.82, 2.24) is 0 Å². The van der Waals surface area contributed by atoms with Gasteiger partial charge in [0.2, 0.25) is 11.2 Å². The summed E-state index contributed by atoms with van der Waals surface area (Å²) in [7, 11) is 7.56. The zero-order valence-corrected chi connectivity index (χ0v) is 17.6. The molecule has 1 aromatic heterocycles. The fraction of sp³-hybridized carbons (Fsp3) is 0.250. The van der Waals surface area contributed by atoms with Crippen LogP contribution < -0.4 is 29.1 Å². The lowest BCUT2D eigenvalue weighted by Gasteiger charge is -2.15. The van der Waals surface area contributed by atoms with Gasteiger partial charge in [-0.1, -0.05) is 0 Å². The summed E-state index contributed by atoms with van der Waals surface area (Å²) in [6.45, 7) is 0. The van der Waals surface area contributed by atoms with Crippen molar-refractivity contribution in [2.45, 2.75) is 0 Å². The molecular weight excluding hydrogens is 432 g/mol. The van der Waals surface area contributed by atoms with Gasteiger partial charge in [-0.15, -0.1) is 0 Å². The van der Waals surface area contributed by atoms with Crippen LogP contribution in [0.1, 0.15) is 0 Å². The molecule has 3 rings (SSSR count). The Morgan fingerprint density at radius 3 is 1.89 bits per heavy atom. The van der Waals surface area contributed by atoms with Gasteiger partial charge in [-0.05, 0) is 28.1 Å². The molecule has 148 valence electrons. The van der Waals surface area contributed by atoms with Crippen LogP contribution in [-0.2, 0) is 0 Å². The zero-order chi connectivity index (χ0) is 20.4. The Balaban J connectivity index is 2.36. The molecule has 0 saturated carbocycles. The highest BCUT2D eigenvalue weighted by Gasteiger charge is 2.21. The first-order chi connectivity index (χ1) is 13.5. The molecule has 0 aliphatic rings. The van der Waals surface area contributed by atoms with Crippen molar-refractivity contribution in [3.63, 3.8) is 0 Å². The molecule has 1 heterocycles. The second-order valence-corrected chi connectivity index (χ2v) is 6.48. The van der Waals surface area contributed by atoms with Gasteiger partial charge in [0.05, 0.1) is 35.5 Å². The van der Waals surface area contributed by atoms with E-state index in [0.717, 1.165) is 0 Å². The van der Waals surface area contributed by atoms with E-state index in [0.29, 0.717) is 51.0 Å². The van der Waals surface area contributed by atoms with Crippen LogP contribution in [0, 0.1) is 0 Å². The maximum atomic E-state index is 13.0. The largest absolute Gasteiger partial charge is 0.496 e. The SMILES string of the molecule is COc1cc(OC)c2c(=O)c(Br)c(-c3cc(OC)c(OC)c(OC)c3)oc2c1. The fourth-order valence-corrected chi connectivity index (χ4v) is 3.42. The molecule has 2 aromatic carbocycles. The molecule has 0 saturated heterocycles. The van der Waals surface area contributed by atoms with E-state index in [4.69, 9.17) is 28.1 Å². The highest BCUT2D eigenvalue weighted by Crippen LogP contribution is 2.43. The highest BCUT2D eigenvalue weighted by atomic mass is 79.9. The molecule has 7 nitrogen and oxygen atoms in total. The van der Waals surface area contributed by atoms with Crippen molar-refractivity contribution in [3.8, 4) is 40.1 Å². The van der Waals surface area contributed by atoms with Crippen LogP contribution in [0.4, 0.5) is 0 Å². The number of fused-ring (bicyclic) bond motifs is 1. The van der Waals surface area contributed by atoms with E-state index in [9.17, 15) is 4.79 Å². The molecule has 0 bridgehead atoms. The molecule has 8 heteroatoms. The van der Waals surface area contributed by atoms with Crippen LogP contribution in [-0.4, -0.2) is 35.5 Å². The van der Waals surface area contributed by atoms with Crippen LogP contribution in [0.25, 0.3) is 22.3 Å². The summed E-state index contributed by atoms with van der Waals surface area (Å²) >= 11 is 3.36. The van der Waals surface area contributed by atoms with Crippen molar-refractivity contribution in [2.24, 2.45) is 0 Å². The average Bonchev–Trinajstić information content (AvgIpc) is 2.73. The van der Waals surface area contributed by atoms with E-state index in [1.54, 1.807) is 24.3 Å². The Morgan fingerprint density at radius 2 is 1.39 bits per heavy atom. The van der Waals surface area contributed by atoms with Gasteiger partial charge in [0.1, 0.15) is 26.9 Å². The number of hydrogen-bond donors (Lipinski definition) is 0. The summed E-state index contributed by atoms with van der Waals surface area (Å²) in [6, 6.07) is 6.67. The number of ether oxygens (including phenoxy) is 5. The van der Waals surface area contributed by atoms with E-state index in [1.807, 2.05) is 0 Å². The Labute approximate surface area is 169 Å². The predicted molar refractivity (Wildman–Crippen MR) is 108 cm³/mol. The lowest BCUT2D eigenvalue weighted by atomic mass is 10.1. The molecule has 0 aliphatic heterocycles. The number of hydrogen-bond acceptors (Lipinski definition) is 7. The van der Waals surface area contributed by atoms with Gasteiger partial charge < -0.3 is 28.1 Å². The maximum Gasteiger partial charge on any atom is 0.211 e. The minimum atomic E-state index is -0.274. The topological polar surface area (TPSA) is 76.4 Å². The van der Waals surface area contributed by atoms with Crippen molar-refractivity contribution >= 4 is 26.9 Å². The zero-order valence-electron chi connectivity index (χ0n) is 16.0. The molecule has 0 amide bonds. The Bertz CT molecular complexity index is 1060. The normalized spacial score (nSPS) is 10.6. The lowest BCUT2D eigenvalue weighted by Crippen LogP contribution is -2.06. The molecular formula is C20H19BrO7. The summed E-state index contributed by atoms with van der Waals surface area (Å²) in [4.78, 5) is 13.0. The number of rotatable bonds is 6. The molecule has 3 aromatic rings. The fourth-order valence-electron chi connectivity index (χ4n) is 2.91. The number of benzene rings is 2. The molecule has 0 fully saturated rings. The van der Waals surface area contributed by atoms with Crippen LogP contribution in [0.15, 0.2) is 37.9 Å². The Kier molecular flexibility index (Phi) is 5.69. The van der Waals surface area contributed by atoms with Crippen LogP contribution >= 0.6 is 15.9 Å². The molecule has 0 spiro atoms. The van der Waals surface area contributed by atoms with Crippen LogP contribution in [0.3, 0.4) is 0 Å². The van der Waals surface area contributed by atoms with E-state index in [-0.39, 0.29) is 9.90 Å². The van der Waals surface area contributed by atoms with Gasteiger partial charge in [-0.2, -0.15) is 0 Å². The molecule has 0 radical (unpaired) electrons. The van der Waals surface area contributed by atoms with Gasteiger partial charge in [-0.25, -0.2) is 0 Å². The predicted octanol–water partition coefficient (Wildman–Crippen LogP) is 4.27. The Morgan fingerprint density at radius 1 is 0.786 bits per heavy atom. The summed E-state index contributed by atoms with van der Waals surface area (Å²) in [6.07, 6.45) is 0. The summed E-state index contributed by atoms with van der Waals surface area (Å²) in [5.74, 6) is 2.50. The average molecular weight is 451 g/mol. The summed E-state index contributed by atoms with van der Waals surface area (Å²) in [5, 5.41) is 0.311. The standard InChI is InChI=1S/C20H19BrO7/c1-23-11-8-12(24-2)16-13(9-11)28-19(17(21)18(16)22)10-6-14(25-3)20(27-5)15(7-10)26-4/h6-9H,1-5H3. The van der Waals surface area contributed by atoms with E-state index in [2.05, 4.69) is 15.9 Å². The molecule has 0 unspecified atom stereocenters. The van der Waals surface area contributed by atoms with E-state index < -0.39 is 0 Å². The van der Waals surface area contributed by atoms with Crippen molar-refractivity contribution in [2.75, 3.05) is 35.5 Å². The molecule has 0 aliphatic carbocycles. The monoisotopic (exact) mass is 450 g/mol. The molecule has 0 atom stereocenters. The van der Waals surface area contributed by atoms with Crippen LogP contribution in [0.5, 0.6) is 28.7 Å². The smallest absolute Gasteiger partial charge is 0.211 e. The number of halogens is 1. The lowest BCUT2D eigenvalue weighted by molar-refractivity contribution is 0.324. The van der Waals surface area contributed by atoms with Gasteiger partial charge >= 0.3 is 0 Å². The third-order valence-electron chi connectivity index (χ3n) is 4.26. The minimum absolute atomic E-state index is 0.248. The summed E-state index contributed by atoms with van der Waals surface area (Å²) in [5.41, 5.74) is 0.625. The van der Waals surface area contributed by atoms with Crippen molar-refractivity contribution in [1.29, 1.82) is 0 Å². The highest BCUT2D eigenvalue weighted by molar-refractivity contribution is 9.10. The molecule has 28 heavy (non-hydrogen) atoms. The van der Waals surface area contributed by atoms with Gasteiger partial charge in [0, 0.05) is 17.7 Å².